The number of nitrogens with zero attached hydrogens (tertiary/aromatic N) is 2. The summed E-state index contributed by atoms with van der Waals surface area (Å²) >= 11 is 13.8. The minimum atomic E-state index is -0.114. The third-order valence-corrected chi connectivity index (χ3v) is 7.20. The molecule has 2 heterocycles. The van der Waals surface area contributed by atoms with Crippen molar-refractivity contribution in [3.63, 3.8) is 0 Å². The molecule has 0 fully saturated rings. The van der Waals surface area contributed by atoms with Crippen LogP contribution in [0.3, 0.4) is 0 Å². The van der Waals surface area contributed by atoms with Gasteiger partial charge in [-0.1, -0.05) is 71.4 Å². The van der Waals surface area contributed by atoms with Gasteiger partial charge < -0.3 is 4.98 Å². The molecule has 3 aromatic carbocycles. The smallest absolute Gasteiger partial charge is 0.283 e. The Balaban J connectivity index is 1.72. The van der Waals surface area contributed by atoms with Crippen LogP contribution in [-0.2, 0) is 5.75 Å². The van der Waals surface area contributed by atoms with E-state index >= 15 is 0 Å². The summed E-state index contributed by atoms with van der Waals surface area (Å²) in [6.07, 6.45) is 0. The van der Waals surface area contributed by atoms with Gasteiger partial charge in [-0.25, -0.2) is 4.98 Å². The Labute approximate surface area is 199 Å². The van der Waals surface area contributed by atoms with Gasteiger partial charge in [-0.05, 0) is 54.8 Å². The monoisotopic (exact) mass is 479 g/mol. The normalized spacial score (nSPS) is 11.5. The Bertz CT molecular complexity index is 1550. The van der Waals surface area contributed by atoms with Gasteiger partial charge in [0.05, 0.1) is 15.7 Å². The fourth-order valence-electron chi connectivity index (χ4n) is 3.79. The van der Waals surface area contributed by atoms with E-state index in [0.717, 1.165) is 33.3 Å². The standard InChI is InChI=1S/C25H19Cl2N3OS/c1-14-7-8-15(2)21(11-14)30-24(31)23-22(17-5-3-4-6-20(17)28-23)29-25(30)32-13-16-9-10-18(26)19(27)12-16/h3-12,28H,13H2,1-2H3. The molecule has 7 heteroatoms. The Kier molecular flexibility index (Phi) is 5.49. The number of hydrogen-bond acceptors (Lipinski definition) is 3. The zero-order chi connectivity index (χ0) is 22.4. The van der Waals surface area contributed by atoms with E-state index in [2.05, 4.69) is 4.98 Å². The van der Waals surface area contributed by atoms with Crippen molar-refractivity contribution in [3.8, 4) is 5.69 Å². The first kappa shape index (κ1) is 21.1. The number of rotatable bonds is 4. The van der Waals surface area contributed by atoms with E-state index in [1.807, 2.05) is 68.4 Å². The Morgan fingerprint density at radius 2 is 1.81 bits per heavy atom. The molecule has 0 radical (unpaired) electrons. The van der Waals surface area contributed by atoms with Crippen LogP contribution >= 0.6 is 35.0 Å². The lowest BCUT2D eigenvalue weighted by atomic mass is 10.1. The van der Waals surface area contributed by atoms with Crippen molar-refractivity contribution in [2.24, 2.45) is 0 Å². The van der Waals surface area contributed by atoms with Crippen LogP contribution < -0.4 is 5.56 Å². The molecule has 32 heavy (non-hydrogen) atoms. The van der Waals surface area contributed by atoms with Crippen molar-refractivity contribution in [1.29, 1.82) is 0 Å². The van der Waals surface area contributed by atoms with Crippen LogP contribution in [-0.4, -0.2) is 14.5 Å². The van der Waals surface area contributed by atoms with Gasteiger partial charge in [0.2, 0.25) is 0 Å². The number of thioether (sulfide) groups is 1. The summed E-state index contributed by atoms with van der Waals surface area (Å²) in [7, 11) is 0. The van der Waals surface area contributed by atoms with E-state index in [-0.39, 0.29) is 5.56 Å². The van der Waals surface area contributed by atoms with Gasteiger partial charge in [0.1, 0.15) is 11.0 Å². The van der Waals surface area contributed by atoms with E-state index in [4.69, 9.17) is 28.2 Å². The largest absolute Gasteiger partial charge is 0.349 e. The van der Waals surface area contributed by atoms with Crippen molar-refractivity contribution in [2.45, 2.75) is 24.8 Å². The summed E-state index contributed by atoms with van der Waals surface area (Å²) in [4.78, 5) is 22.0. The number of nitrogens with one attached hydrogen (secondary N) is 1. The molecule has 0 amide bonds. The molecule has 2 aromatic heterocycles. The first-order valence-electron chi connectivity index (χ1n) is 10.1. The third-order valence-electron chi connectivity index (χ3n) is 5.45. The number of para-hydroxylation sites is 1. The van der Waals surface area contributed by atoms with Crippen LogP contribution in [0.2, 0.25) is 10.0 Å². The number of fused-ring (bicyclic) bond motifs is 3. The molecule has 0 aliphatic rings. The highest BCUT2D eigenvalue weighted by Crippen LogP contribution is 2.31. The van der Waals surface area contributed by atoms with Gasteiger partial charge >= 0.3 is 0 Å². The molecule has 4 nitrogen and oxygen atoms in total. The van der Waals surface area contributed by atoms with E-state index in [9.17, 15) is 4.79 Å². The topological polar surface area (TPSA) is 50.7 Å². The molecular weight excluding hydrogens is 461 g/mol. The van der Waals surface area contributed by atoms with Crippen LogP contribution in [0.15, 0.2) is 70.6 Å². The number of hydrogen-bond donors (Lipinski definition) is 1. The second kappa shape index (κ2) is 8.32. The van der Waals surface area contributed by atoms with E-state index in [1.165, 1.54) is 11.8 Å². The van der Waals surface area contributed by atoms with Crippen molar-refractivity contribution < 1.29 is 0 Å². The molecule has 1 N–H and O–H groups in total. The number of aromatic nitrogens is 3. The highest BCUT2D eigenvalue weighted by atomic mass is 35.5. The van der Waals surface area contributed by atoms with Crippen LogP contribution in [0, 0.1) is 13.8 Å². The third kappa shape index (κ3) is 3.71. The molecule has 0 unspecified atom stereocenters. The molecule has 5 rings (SSSR count). The fourth-order valence-corrected chi connectivity index (χ4v) is 5.05. The number of H-pyrrole nitrogens is 1. The lowest BCUT2D eigenvalue weighted by Gasteiger charge is -2.15. The fraction of sp³-hybridized carbons (Fsp3) is 0.120. The first-order valence-corrected chi connectivity index (χ1v) is 11.8. The summed E-state index contributed by atoms with van der Waals surface area (Å²) in [6, 6.07) is 19.5. The van der Waals surface area contributed by atoms with Gasteiger partial charge in [-0.15, -0.1) is 0 Å². The predicted molar refractivity (Wildman–Crippen MR) is 135 cm³/mol. The maximum absolute atomic E-state index is 13.7. The zero-order valence-electron chi connectivity index (χ0n) is 17.4. The molecule has 5 aromatic rings. The molecule has 0 saturated carbocycles. The van der Waals surface area contributed by atoms with Gasteiger partial charge in [-0.2, -0.15) is 0 Å². The highest BCUT2D eigenvalue weighted by Gasteiger charge is 2.18. The number of aryl methyl sites for hydroxylation is 2. The van der Waals surface area contributed by atoms with Crippen molar-refractivity contribution >= 4 is 56.9 Å². The van der Waals surface area contributed by atoms with Gasteiger partial charge in [0.25, 0.3) is 5.56 Å². The first-order chi connectivity index (χ1) is 15.4. The molecule has 0 saturated heterocycles. The van der Waals surface area contributed by atoms with Crippen molar-refractivity contribution in [1.82, 2.24) is 14.5 Å². The molecule has 0 aliphatic heterocycles. The summed E-state index contributed by atoms with van der Waals surface area (Å²) in [5.74, 6) is 0.599. The summed E-state index contributed by atoms with van der Waals surface area (Å²) in [6.45, 7) is 4.02. The molecule has 0 spiro atoms. The molecule has 0 aliphatic carbocycles. The number of halogens is 2. The Morgan fingerprint density at radius 1 is 1.00 bits per heavy atom. The minimum absolute atomic E-state index is 0.114. The second-order valence-electron chi connectivity index (χ2n) is 7.76. The van der Waals surface area contributed by atoms with Crippen LogP contribution in [0.1, 0.15) is 16.7 Å². The van der Waals surface area contributed by atoms with Crippen LogP contribution in [0.4, 0.5) is 0 Å². The van der Waals surface area contributed by atoms with Crippen LogP contribution in [0.25, 0.3) is 27.6 Å². The summed E-state index contributed by atoms with van der Waals surface area (Å²) in [5, 5.41) is 2.60. The second-order valence-corrected chi connectivity index (χ2v) is 9.51. The summed E-state index contributed by atoms with van der Waals surface area (Å²) in [5.41, 5.74) is 5.89. The van der Waals surface area contributed by atoms with Crippen molar-refractivity contribution in [2.75, 3.05) is 0 Å². The van der Waals surface area contributed by atoms with E-state index < -0.39 is 0 Å². The van der Waals surface area contributed by atoms with Gasteiger partial charge in [-0.3, -0.25) is 9.36 Å². The molecule has 0 atom stereocenters. The maximum Gasteiger partial charge on any atom is 0.283 e. The maximum atomic E-state index is 13.7. The molecule has 160 valence electrons. The predicted octanol–water partition coefficient (Wildman–Crippen LogP) is 7.08. The Morgan fingerprint density at radius 3 is 2.62 bits per heavy atom. The van der Waals surface area contributed by atoms with Gasteiger partial charge in [0, 0.05) is 16.7 Å². The zero-order valence-corrected chi connectivity index (χ0v) is 19.8. The highest BCUT2D eigenvalue weighted by molar-refractivity contribution is 7.98. The Hall–Kier alpha value is -2.73. The number of benzene rings is 3. The average Bonchev–Trinajstić information content (AvgIpc) is 3.16. The lowest BCUT2D eigenvalue weighted by Crippen LogP contribution is -2.22. The van der Waals surface area contributed by atoms with Crippen LogP contribution in [0.5, 0.6) is 0 Å². The molecular formula is C25H19Cl2N3OS. The summed E-state index contributed by atoms with van der Waals surface area (Å²) < 4.78 is 1.71. The quantitative estimate of drug-likeness (QED) is 0.221. The number of aromatic amines is 1. The van der Waals surface area contributed by atoms with Crippen molar-refractivity contribution in [3.05, 3.63) is 97.8 Å². The lowest BCUT2D eigenvalue weighted by molar-refractivity contribution is 0.812. The minimum Gasteiger partial charge on any atom is -0.349 e. The van der Waals surface area contributed by atoms with E-state index in [1.54, 1.807) is 10.6 Å². The SMILES string of the molecule is Cc1ccc(C)c(-n2c(SCc3ccc(Cl)c(Cl)c3)nc3c([nH]c4ccccc43)c2=O)c1. The van der Waals surface area contributed by atoms with E-state index in [0.29, 0.717) is 32.0 Å². The van der Waals surface area contributed by atoms with Gasteiger partial charge in [0.15, 0.2) is 5.16 Å². The average molecular weight is 480 g/mol. The molecule has 0 bridgehead atoms.